The average Bonchev–Trinajstić information content (AvgIpc) is 3.25. The fourth-order valence-corrected chi connectivity index (χ4v) is 3.50. The van der Waals surface area contributed by atoms with Crippen molar-refractivity contribution in [3.8, 4) is 22.6 Å². The van der Waals surface area contributed by atoms with E-state index in [2.05, 4.69) is 15.5 Å². The number of aromatic nitrogens is 3. The Balaban J connectivity index is 1.51. The Morgan fingerprint density at radius 2 is 1.82 bits per heavy atom. The maximum absolute atomic E-state index is 12.4. The third-order valence-corrected chi connectivity index (χ3v) is 5.40. The minimum absolute atomic E-state index is 0.00257. The molecule has 4 rings (SSSR count). The van der Waals surface area contributed by atoms with Crippen LogP contribution in [0.4, 0.5) is 5.95 Å². The highest BCUT2D eigenvalue weighted by Crippen LogP contribution is 2.31. The lowest BCUT2D eigenvalue weighted by molar-refractivity contribution is -0.120. The number of rotatable bonds is 7. The molecular weight excluding hydrogens is 414 g/mol. The zero-order valence-corrected chi connectivity index (χ0v) is 19.3. The van der Waals surface area contributed by atoms with Gasteiger partial charge in [0.2, 0.25) is 11.9 Å². The lowest BCUT2D eigenvalue weighted by atomic mass is 10.0. The van der Waals surface area contributed by atoms with Crippen LogP contribution >= 0.6 is 0 Å². The molecule has 168 valence electrons. The van der Waals surface area contributed by atoms with Crippen LogP contribution in [0.15, 0.2) is 65.3 Å². The fourth-order valence-electron chi connectivity index (χ4n) is 3.50. The summed E-state index contributed by atoms with van der Waals surface area (Å²) in [5.41, 5.74) is 6.44. The van der Waals surface area contributed by atoms with Gasteiger partial charge in [-0.25, -0.2) is 9.97 Å². The number of hydrogen-bond acceptors (Lipinski definition) is 6. The molecule has 33 heavy (non-hydrogen) atoms. The molecule has 0 aliphatic rings. The van der Waals surface area contributed by atoms with Gasteiger partial charge in [0.05, 0.1) is 23.4 Å². The number of anilines is 1. The van der Waals surface area contributed by atoms with E-state index in [4.69, 9.17) is 9.51 Å². The van der Waals surface area contributed by atoms with Crippen molar-refractivity contribution in [3.05, 3.63) is 83.2 Å². The number of hydrogen-bond donors (Lipinski definition) is 1. The largest absolute Gasteiger partial charge is 0.356 e. The third kappa shape index (κ3) is 5.26. The van der Waals surface area contributed by atoms with Crippen LogP contribution in [-0.4, -0.2) is 35.1 Å². The number of carbonyl (C=O) groups is 1. The maximum Gasteiger partial charge on any atom is 0.225 e. The van der Waals surface area contributed by atoms with Crippen molar-refractivity contribution in [1.82, 2.24) is 20.4 Å². The Hall–Kier alpha value is -4.00. The highest BCUT2D eigenvalue weighted by atomic mass is 16.5. The zero-order valence-electron chi connectivity index (χ0n) is 19.3. The van der Waals surface area contributed by atoms with Gasteiger partial charge in [0.1, 0.15) is 0 Å². The van der Waals surface area contributed by atoms with Gasteiger partial charge in [-0.3, -0.25) is 4.79 Å². The molecule has 2 aromatic carbocycles. The van der Waals surface area contributed by atoms with Gasteiger partial charge in [-0.2, -0.15) is 0 Å². The molecule has 1 N–H and O–H groups in total. The Morgan fingerprint density at radius 3 is 2.48 bits per heavy atom. The summed E-state index contributed by atoms with van der Waals surface area (Å²) in [7, 11) is 3.81. The van der Waals surface area contributed by atoms with Crippen LogP contribution < -0.4 is 10.2 Å². The summed E-state index contributed by atoms with van der Waals surface area (Å²) >= 11 is 0. The Morgan fingerprint density at radius 1 is 1.06 bits per heavy atom. The molecule has 0 atom stereocenters. The first-order chi connectivity index (χ1) is 15.9. The van der Waals surface area contributed by atoms with Crippen LogP contribution in [0.3, 0.4) is 0 Å². The second-order valence-corrected chi connectivity index (χ2v) is 8.24. The molecule has 0 aliphatic heterocycles. The number of nitrogens with zero attached hydrogens (tertiary/aromatic N) is 4. The minimum atomic E-state index is 0.00257. The molecule has 7 heteroatoms. The summed E-state index contributed by atoms with van der Waals surface area (Å²) in [6.07, 6.45) is 2.14. The SMILES string of the molecule is Cc1cc(-c2cnc(N(C)C)nc2-c2ccc(CNC(=O)Cc3ccccc3C)cc2)on1. The van der Waals surface area contributed by atoms with Crippen LogP contribution in [0, 0.1) is 13.8 Å². The summed E-state index contributed by atoms with van der Waals surface area (Å²) in [6, 6.07) is 17.8. The van der Waals surface area contributed by atoms with Gasteiger partial charge in [0, 0.05) is 38.5 Å². The summed E-state index contributed by atoms with van der Waals surface area (Å²) in [5.74, 6) is 1.24. The summed E-state index contributed by atoms with van der Waals surface area (Å²) in [5, 5.41) is 7.00. The van der Waals surface area contributed by atoms with E-state index in [-0.39, 0.29) is 5.91 Å². The molecule has 2 aromatic heterocycles. The second kappa shape index (κ2) is 9.65. The highest BCUT2D eigenvalue weighted by molar-refractivity contribution is 5.80. The number of nitrogens with one attached hydrogen (secondary N) is 1. The van der Waals surface area contributed by atoms with Crippen LogP contribution in [0.1, 0.15) is 22.4 Å². The standard InChI is InChI=1S/C26H27N5O2/c1-17-7-5-6-8-21(17)14-24(32)27-15-19-9-11-20(12-10-19)25-22(23-13-18(2)30-33-23)16-28-26(29-25)31(3)4/h5-13,16H,14-15H2,1-4H3,(H,27,32). The number of aryl methyl sites for hydroxylation is 2. The third-order valence-electron chi connectivity index (χ3n) is 5.40. The Labute approximate surface area is 193 Å². The van der Waals surface area contributed by atoms with Gasteiger partial charge in [0.15, 0.2) is 5.76 Å². The first-order valence-electron chi connectivity index (χ1n) is 10.8. The van der Waals surface area contributed by atoms with E-state index in [0.717, 1.165) is 39.2 Å². The first kappa shape index (κ1) is 22.2. The summed E-state index contributed by atoms with van der Waals surface area (Å²) < 4.78 is 5.47. The van der Waals surface area contributed by atoms with E-state index in [0.29, 0.717) is 24.7 Å². The minimum Gasteiger partial charge on any atom is -0.356 e. The van der Waals surface area contributed by atoms with Gasteiger partial charge < -0.3 is 14.7 Å². The van der Waals surface area contributed by atoms with E-state index in [1.165, 1.54) is 0 Å². The van der Waals surface area contributed by atoms with E-state index in [9.17, 15) is 4.79 Å². The van der Waals surface area contributed by atoms with Crippen molar-refractivity contribution in [2.75, 3.05) is 19.0 Å². The lowest BCUT2D eigenvalue weighted by Gasteiger charge is -2.14. The van der Waals surface area contributed by atoms with Gasteiger partial charge in [-0.05, 0) is 30.5 Å². The van der Waals surface area contributed by atoms with Crippen LogP contribution in [0.5, 0.6) is 0 Å². The van der Waals surface area contributed by atoms with Crippen molar-refractivity contribution in [2.45, 2.75) is 26.8 Å². The Kier molecular flexibility index (Phi) is 6.49. The van der Waals surface area contributed by atoms with E-state index in [1.54, 1.807) is 6.20 Å². The van der Waals surface area contributed by atoms with Crippen LogP contribution in [-0.2, 0) is 17.8 Å². The predicted octanol–water partition coefficient (Wildman–Crippen LogP) is 4.34. The van der Waals surface area contributed by atoms with Crippen molar-refractivity contribution in [2.24, 2.45) is 0 Å². The summed E-state index contributed by atoms with van der Waals surface area (Å²) in [4.78, 5) is 23.4. The second-order valence-electron chi connectivity index (χ2n) is 8.24. The molecule has 0 fully saturated rings. The molecule has 7 nitrogen and oxygen atoms in total. The molecule has 0 saturated carbocycles. The van der Waals surface area contributed by atoms with Gasteiger partial charge in [-0.1, -0.05) is 53.7 Å². The topological polar surface area (TPSA) is 84.2 Å². The molecule has 0 unspecified atom stereocenters. The molecule has 2 heterocycles. The van der Waals surface area contributed by atoms with E-state index < -0.39 is 0 Å². The fraction of sp³-hybridized carbons (Fsp3) is 0.231. The highest BCUT2D eigenvalue weighted by Gasteiger charge is 2.16. The van der Waals surface area contributed by atoms with Crippen molar-refractivity contribution < 1.29 is 9.32 Å². The smallest absolute Gasteiger partial charge is 0.225 e. The zero-order chi connectivity index (χ0) is 23.4. The van der Waals surface area contributed by atoms with Crippen molar-refractivity contribution in [3.63, 3.8) is 0 Å². The molecule has 0 aliphatic carbocycles. The molecule has 0 saturated heterocycles. The lowest BCUT2D eigenvalue weighted by Crippen LogP contribution is -2.24. The van der Waals surface area contributed by atoms with Crippen LogP contribution in [0.25, 0.3) is 22.6 Å². The maximum atomic E-state index is 12.4. The molecule has 0 radical (unpaired) electrons. The quantitative estimate of drug-likeness (QED) is 0.459. The first-order valence-corrected chi connectivity index (χ1v) is 10.8. The predicted molar refractivity (Wildman–Crippen MR) is 129 cm³/mol. The number of carbonyl (C=O) groups excluding carboxylic acids is 1. The molecule has 1 amide bonds. The normalized spacial score (nSPS) is 10.8. The van der Waals surface area contributed by atoms with Gasteiger partial charge in [-0.15, -0.1) is 0 Å². The number of benzene rings is 2. The van der Waals surface area contributed by atoms with Gasteiger partial charge >= 0.3 is 0 Å². The van der Waals surface area contributed by atoms with Gasteiger partial charge in [0.25, 0.3) is 0 Å². The monoisotopic (exact) mass is 441 g/mol. The molecule has 0 bridgehead atoms. The Bertz CT molecular complexity index is 1260. The van der Waals surface area contributed by atoms with Crippen molar-refractivity contribution >= 4 is 11.9 Å². The average molecular weight is 442 g/mol. The molecule has 4 aromatic rings. The molecular formula is C26H27N5O2. The van der Waals surface area contributed by atoms with Crippen LogP contribution in [0.2, 0.25) is 0 Å². The van der Waals surface area contributed by atoms with E-state index >= 15 is 0 Å². The van der Waals surface area contributed by atoms with E-state index in [1.807, 2.05) is 87.4 Å². The number of amides is 1. The summed E-state index contributed by atoms with van der Waals surface area (Å²) in [6.45, 7) is 4.36. The molecule has 0 spiro atoms. The van der Waals surface area contributed by atoms with Crippen molar-refractivity contribution in [1.29, 1.82) is 0 Å².